The van der Waals surface area contributed by atoms with E-state index in [0.717, 1.165) is 5.56 Å². The number of aromatic nitrogens is 3. The zero-order valence-electron chi connectivity index (χ0n) is 11.4. The maximum atomic E-state index is 12.1. The van der Waals surface area contributed by atoms with Crippen molar-refractivity contribution >= 4 is 5.91 Å². The van der Waals surface area contributed by atoms with E-state index in [0.29, 0.717) is 24.4 Å². The molecule has 0 aliphatic heterocycles. The lowest BCUT2D eigenvalue weighted by Crippen LogP contribution is -2.27. The van der Waals surface area contributed by atoms with E-state index in [-0.39, 0.29) is 11.7 Å². The molecule has 0 atom stereocenters. The number of aryl methyl sites for hydroxylation is 1. The molecule has 0 saturated carbocycles. The molecule has 0 fully saturated rings. The third kappa shape index (κ3) is 3.01. The lowest BCUT2D eigenvalue weighted by atomic mass is 10.1. The van der Waals surface area contributed by atoms with Crippen molar-refractivity contribution in [2.75, 3.05) is 7.05 Å². The Kier molecular flexibility index (Phi) is 4.11. The number of nitrogens with zero attached hydrogens (tertiary/aromatic N) is 4. The van der Waals surface area contributed by atoms with Crippen molar-refractivity contribution in [3.8, 4) is 6.07 Å². The first-order chi connectivity index (χ1) is 9.63. The molecular weight excluding hydrogens is 254 g/mol. The Hall–Kier alpha value is -2.68. The number of hydrogen-bond donors (Lipinski definition) is 1. The van der Waals surface area contributed by atoms with Crippen molar-refractivity contribution in [3.05, 3.63) is 47.0 Å². The van der Waals surface area contributed by atoms with Gasteiger partial charge in [0.05, 0.1) is 11.6 Å². The van der Waals surface area contributed by atoms with E-state index >= 15 is 0 Å². The summed E-state index contributed by atoms with van der Waals surface area (Å²) in [5.74, 6) is 0.642. The molecule has 0 unspecified atom stereocenters. The van der Waals surface area contributed by atoms with E-state index in [1.165, 1.54) is 0 Å². The summed E-state index contributed by atoms with van der Waals surface area (Å²) in [6.07, 6.45) is 0.708. The van der Waals surface area contributed by atoms with Crippen molar-refractivity contribution in [2.24, 2.45) is 0 Å². The van der Waals surface area contributed by atoms with Crippen LogP contribution in [-0.4, -0.2) is 33.0 Å². The van der Waals surface area contributed by atoms with Gasteiger partial charge in [-0.1, -0.05) is 19.1 Å². The first-order valence-corrected chi connectivity index (χ1v) is 6.29. The smallest absolute Gasteiger partial charge is 0.293 e. The van der Waals surface area contributed by atoms with Crippen LogP contribution in [-0.2, 0) is 13.0 Å². The lowest BCUT2D eigenvalue weighted by Gasteiger charge is -2.15. The van der Waals surface area contributed by atoms with Crippen molar-refractivity contribution in [2.45, 2.75) is 19.9 Å². The molecule has 0 radical (unpaired) electrons. The summed E-state index contributed by atoms with van der Waals surface area (Å²) in [4.78, 5) is 17.8. The summed E-state index contributed by atoms with van der Waals surface area (Å²) in [6.45, 7) is 2.38. The number of hydrogen-bond acceptors (Lipinski definition) is 4. The van der Waals surface area contributed by atoms with Crippen LogP contribution in [0.5, 0.6) is 0 Å². The first kappa shape index (κ1) is 13.7. The second-order valence-corrected chi connectivity index (χ2v) is 4.43. The van der Waals surface area contributed by atoms with Gasteiger partial charge in [-0.05, 0) is 17.7 Å². The fraction of sp³-hybridized carbons (Fsp3) is 0.286. The lowest BCUT2D eigenvalue weighted by molar-refractivity contribution is 0.0773. The number of amides is 1. The van der Waals surface area contributed by atoms with E-state index in [1.54, 1.807) is 24.1 Å². The van der Waals surface area contributed by atoms with Crippen LogP contribution in [0.1, 0.15) is 34.5 Å². The molecule has 2 aromatic rings. The maximum Gasteiger partial charge on any atom is 0.293 e. The molecule has 20 heavy (non-hydrogen) atoms. The van der Waals surface area contributed by atoms with Gasteiger partial charge in [0.25, 0.3) is 5.91 Å². The van der Waals surface area contributed by atoms with E-state index in [9.17, 15) is 4.79 Å². The molecule has 2 rings (SSSR count). The average molecular weight is 269 g/mol. The Labute approximate surface area is 117 Å². The Morgan fingerprint density at radius 3 is 2.65 bits per heavy atom. The molecule has 1 aromatic heterocycles. The predicted molar refractivity (Wildman–Crippen MR) is 72.7 cm³/mol. The summed E-state index contributed by atoms with van der Waals surface area (Å²) < 4.78 is 0. The molecule has 0 aliphatic rings. The van der Waals surface area contributed by atoms with Crippen LogP contribution in [0.3, 0.4) is 0 Å². The largest absolute Gasteiger partial charge is 0.335 e. The second kappa shape index (κ2) is 5.97. The average Bonchev–Trinajstić information content (AvgIpc) is 2.96. The highest BCUT2D eigenvalue weighted by Gasteiger charge is 2.16. The molecule has 6 heteroatoms. The van der Waals surface area contributed by atoms with Gasteiger partial charge in [0.2, 0.25) is 5.82 Å². The van der Waals surface area contributed by atoms with Crippen LogP contribution in [0.15, 0.2) is 24.3 Å². The zero-order valence-corrected chi connectivity index (χ0v) is 11.4. The van der Waals surface area contributed by atoms with Crippen LogP contribution in [0.25, 0.3) is 0 Å². The normalized spacial score (nSPS) is 10.1. The standard InChI is InChI=1S/C14H15N5O/c1-3-12-16-13(18-17-12)14(20)19(2)9-11-6-4-10(8-15)5-7-11/h4-7H,3,9H2,1-2H3,(H,16,17,18). The third-order valence-electron chi connectivity index (χ3n) is 2.91. The quantitative estimate of drug-likeness (QED) is 0.911. The Morgan fingerprint density at radius 1 is 1.40 bits per heavy atom. The van der Waals surface area contributed by atoms with E-state index in [2.05, 4.69) is 21.3 Å². The number of carbonyl (C=O) groups excluding carboxylic acids is 1. The third-order valence-corrected chi connectivity index (χ3v) is 2.91. The van der Waals surface area contributed by atoms with Gasteiger partial charge >= 0.3 is 0 Å². The Balaban J connectivity index is 2.05. The fourth-order valence-corrected chi connectivity index (χ4v) is 1.75. The maximum absolute atomic E-state index is 12.1. The zero-order chi connectivity index (χ0) is 14.5. The minimum Gasteiger partial charge on any atom is -0.335 e. The van der Waals surface area contributed by atoms with Gasteiger partial charge in [-0.25, -0.2) is 4.98 Å². The first-order valence-electron chi connectivity index (χ1n) is 6.29. The van der Waals surface area contributed by atoms with Crippen molar-refractivity contribution in [1.29, 1.82) is 5.26 Å². The van der Waals surface area contributed by atoms with Crippen LogP contribution < -0.4 is 0 Å². The molecule has 0 saturated heterocycles. The highest BCUT2D eigenvalue weighted by molar-refractivity contribution is 5.90. The Morgan fingerprint density at radius 2 is 2.10 bits per heavy atom. The van der Waals surface area contributed by atoms with Crippen LogP contribution in [0.4, 0.5) is 0 Å². The van der Waals surface area contributed by atoms with Gasteiger partial charge in [-0.3, -0.25) is 9.89 Å². The van der Waals surface area contributed by atoms with Gasteiger partial charge in [-0.15, -0.1) is 5.10 Å². The van der Waals surface area contributed by atoms with Crippen molar-refractivity contribution in [3.63, 3.8) is 0 Å². The second-order valence-electron chi connectivity index (χ2n) is 4.43. The summed E-state index contributed by atoms with van der Waals surface area (Å²) >= 11 is 0. The number of carbonyl (C=O) groups is 1. The molecule has 1 heterocycles. The molecule has 0 bridgehead atoms. The van der Waals surface area contributed by atoms with E-state index in [1.807, 2.05) is 19.1 Å². The van der Waals surface area contributed by atoms with Gasteiger partial charge in [0.15, 0.2) is 0 Å². The minimum atomic E-state index is -0.231. The number of nitriles is 1. The highest BCUT2D eigenvalue weighted by Crippen LogP contribution is 2.08. The number of rotatable bonds is 4. The molecule has 1 amide bonds. The molecule has 102 valence electrons. The summed E-state index contributed by atoms with van der Waals surface area (Å²) in [5, 5.41) is 15.4. The van der Waals surface area contributed by atoms with Gasteiger partial charge in [-0.2, -0.15) is 5.26 Å². The highest BCUT2D eigenvalue weighted by atomic mass is 16.2. The van der Waals surface area contributed by atoms with Gasteiger partial charge in [0, 0.05) is 20.0 Å². The number of benzene rings is 1. The van der Waals surface area contributed by atoms with Crippen LogP contribution in [0, 0.1) is 11.3 Å². The van der Waals surface area contributed by atoms with E-state index in [4.69, 9.17) is 5.26 Å². The van der Waals surface area contributed by atoms with E-state index < -0.39 is 0 Å². The van der Waals surface area contributed by atoms with Gasteiger partial charge in [0.1, 0.15) is 5.82 Å². The summed E-state index contributed by atoms with van der Waals surface area (Å²) in [7, 11) is 1.70. The SMILES string of the molecule is CCc1nc(C(=O)N(C)Cc2ccc(C#N)cc2)n[nH]1. The Bertz CT molecular complexity index is 638. The van der Waals surface area contributed by atoms with Crippen molar-refractivity contribution < 1.29 is 4.79 Å². The fourth-order valence-electron chi connectivity index (χ4n) is 1.75. The molecule has 6 nitrogen and oxygen atoms in total. The number of aromatic amines is 1. The number of nitrogens with one attached hydrogen (secondary N) is 1. The molecule has 1 N–H and O–H groups in total. The molecule has 0 aliphatic carbocycles. The van der Waals surface area contributed by atoms with Crippen LogP contribution >= 0.6 is 0 Å². The van der Waals surface area contributed by atoms with Gasteiger partial charge < -0.3 is 4.90 Å². The van der Waals surface area contributed by atoms with Crippen molar-refractivity contribution in [1.82, 2.24) is 20.1 Å². The van der Waals surface area contributed by atoms with Crippen LogP contribution in [0.2, 0.25) is 0 Å². The molecule has 0 spiro atoms. The monoisotopic (exact) mass is 269 g/mol. The predicted octanol–water partition coefficient (Wildman–Crippen LogP) is 1.51. The molecule has 1 aromatic carbocycles. The summed E-state index contributed by atoms with van der Waals surface area (Å²) in [5.41, 5.74) is 1.55. The number of H-pyrrole nitrogens is 1. The molecular formula is C14H15N5O. The topological polar surface area (TPSA) is 85.7 Å². The minimum absolute atomic E-state index is 0.179. The summed E-state index contributed by atoms with van der Waals surface area (Å²) in [6, 6.07) is 9.19.